The number of thiazole rings is 1. The minimum absolute atomic E-state index is 0.784. The summed E-state index contributed by atoms with van der Waals surface area (Å²) in [6, 6.07) is 31.1. The fourth-order valence-corrected chi connectivity index (χ4v) is 3.65. The topological polar surface area (TPSA) is 27.9 Å². The van der Waals surface area contributed by atoms with Crippen molar-refractivity contribution in [2.75, 3.05) is 10.7 Å². The van der Waals surface area contributed by atoms with E-state index in [9.17, 15) is 0 Å². The second-order valence-corrected chi connectivity index (χ2v) is 6.80. The molecule has 2 N–H and O–H groups in total. The van der Waals surface area contributed by atoms with E-state index in [1.165, 1.54) is 11.1 Å². The molecule has 4 rings (SSSR count). The predicted molar refractivity (Wildman–Crippen MR) is 109 cm³/mol. The third-order valence-electron chi connectivity index (χ3n) is 4.10. The smallest absolute Gasteiger partial charge is 0.259 e. The molecule has 0 atom stereocenters. The normalized spacial score (nSPS) is 10.5. The second kappa shape index (κ2) is 7.85. The van der Waals surface area contributed by atoms with Gasteiger partial charge in [0.15, 0.2) is 5.69 Å². The van der Waals surface area contributed by atoms with Gasteiger partial charge in [0, 0.05) is 10.9 Å². The van der Waals surface area contributed by atoms with Gasteiger partial charge < -0.3 is 0 Å². The molecule has 0 saturated carbocycles. The van der Waals surface area contributed by atoms with Crippen molar-refractivity contribution >= 4 is 22.2 Å². The summed E-state index contributed by atoms with van der Waals surface area (Å²) in [6.45, 7) is 0.784. The Balaban J connectivity index is 1.66. The summed E-state index contributed by atoms with van der Waals surface area (Å²) in [4.78, 5) is 0. The quantitative estimate of drug-likeness (QED) is 0.464. The van der Waals surface area contributed by atoms with Gasteiger partial charge in [-0.3, -0.25) is 5.32 Å². The zero-order chi connectivity index (χ0) is 17.6. The van der Waals surface area contributed by atoms with Crippen LogP contribution in [0.25, 0.3) is 11.3 Å². The van der Waals surface area contributed by atoms with E-state index in [0.717, 1.165) is 23.1 Å². The molecule has 1 aromatic heterocycles. The second-order valence-electron chi connectivity index (χ2n) is 5.94. The van der Waals surface area contributed by atoms with Crippen LogP contribution in [0.5, 0.6) is 0 Å². The SMILES string of the molecule is c1ccc(CNc2scc(-c3ccccc3)[n+]2Nc2ccccc2)cc1. The molecule has 0 amide bonds. The minimum Gasteiger partial charge on any atom is -0.259 e. The molecule has 0 aliphatic heterocycles. The summed E-state index contributed by atoms with van der Waals surface area (Å²) in [5, 5.41) is 6.80. The molecular formula is C22H20N3S+. The van der Waals surface area contributed by atoms with Crippen LogP contribution in [0, 0.1) is 0 Å². The molecule has 128 valence electrons. The maximum absolute atomic E-state index is 3.56. The lowest BCUT2D eigenvalue weighted by Crippen LogP contribution is -2.44. The molecule has 4 heteroatoms. The lowest BCUT2D eigenvalue weighted by molar-refractivity contribution is -0.612. The first kappa shape index (κ1) is 16.4. The zero-order valence-electron chi connectivity index (χ0n) is 14.3. The van der Waals surface area contributed by atoms with Gasteiger partial charge in [0.25, 0.3) is 0 Å². The lowest BCUT2D eigenvalue weighted by Gasteiger charge is -2.08. The number of nitrogens with zero attached hydrogens (tertiary/aromatic N) is 1. The third-order valence-corrected chi connectivity index (χ3v) is 4.99. The molecule has 0 bridgehead atoms. The summed E-state index contributed by atoms with van der Waals surface area (Å²) in [5.41, 5.74) is 8.14. The zero-order valence-corrected chi connectivity index (χ0v) is 15.1. The van der Waals surface area contributed by atoms with Crippen LogP contribution in [-0.4, -0.2) is 0 Å². The van der Waals surface area contributed by atoms with Crippen LogP contribution in [0.1, 0.15) is 5.56 Å². The molecule has 0 fully saturated rings. The van der Waals surface area contributed by atoms with Crippen LogP contribution >= 0.6 is 11.3 Å². The van der Waals surface area contributed by atoms with Gasteiger partial charge >= 0.3 is 5.13 Å². The molecule has 1 heterocycles. The van der Waals surface area contributed by atoms with E-state index in [4.69, 9.17) is 0 Å². The average molecular weight is 358 g/mol. The summed E-state index contributed by atoms with van der Waals surface area (Å²) in [7, 11) is 0. The molecule has 0 saturated heterocycles. The number of nitrogens with one attached hydrogen (secondary N) is 2. The van der Waals surface area contributed by atoms with Crippen molar-refractivity contribution < 1.29 is 4.68 Å². The lowest BCUT2D eigenvalue weighted by atomic mass is 10.2. The number of hydrogen-bond acceptors (Lipinski definition) is 3. The van der Waals surface area contributed by atoms with Crippen molar-refractivity contribution in [1.82, 2.24) is 0 Å². The maximum Gasteiger partial charge on any atom is 0.358 e. The van der Waals surface area contributed by atoms with Crippen molar-refractivity contribution in [3.05, 3.63) is 102 Å². The van der Waals surface area contributed by atoms with Gasteiger partial charge in [0.1, 0.15) is 6.54 Å². The van der Waals surface area contributed by atoms with E-state index in [-0.39, 0.29) is 0 Å². The largest absolute Gasteiger partial charge is 0.358 e. The van der Waals surface area contributed by atoms with E-state index >= 15 is 0 Å². The summed E-state index contributed by atoms with van der Waals surface area (Å²) in [5.74, 6) is 0. The number of anilines is 2. The fourth-order valence-electron chi connectivity index (χ4n) is 2.78. The van der Waals surface area contributed by atoms with Crippen molar-refractivity contribution in [2.45, 2.75) is 6.54 Å². The van der Waals surface area contributed by atoms with Crippen molar-refractivity contribution in [3.8, 4) is 11.3 Å². The fraction of sp³-hybridized carbons (Fsp3) is 0.0455. The molecule has 0 aliphatic carbocycles. The van der Waals surface area contributed by atoms with Crippen LogP contribution in [0.2, 0.25) is 0 Å². The van der Waals surface area contributed by atoms with Crippen LogP contribution in [0.15, 0.2) is 96.4 Å². The number of hydrogen-bond donors (Lipinski definition) is 2. The van der Waals surface area contributed by atoms with Crippen molar-refractivity contribution in [1.29, 1.82) is 0 Å². The first-order valence-corrected chi connectivity index (χ1v) is 9.47. The van der Waals surface area contributed by atoms with E-state index in [1.807, 2.05) is 30.3 Å². The highest BCUT2D eigenvalue weighted by molar-refractivity contribution is 7.13. The molecule has 0 radical (unpaired) electrons. The van der Waals surface area contributed by atoms with Gasteiger partial charge in [0.05, 0.1) is 5.69 Å². The number of aromatic nitrogens is 1. The van der Waals surface area contributed by atoms with Crippen LogP contribution in [0.4, 0.5) is 10.8 Å². The van der Waals surface area contributed by atoms with Crippen molar-refractivity contribution in [3.63, 3.8) is 0 Å². The monoisotopic (exact) mass is 358 g/mol. The molecule has 0 unspecified atom stereocenters. The molecule has 0 aliphatic rings. The van der Waals surface area contributed by atoms with Gasteiger partial charge in [-0.15, -0.1) is 4.68 Å². The van der Waals surface area contributed by atoms with Gasteiger partial charge in [-0.1, -0.05) is 90.2 Å². The van der Waals surface area contributed by atoms with Crippen LogP contribution in [0.3, 0.4) is 0 Å². The van der Waals surface area contributed by atoms with Gasteiger partial charge in [0.2, 0.25) is 0 Å². The Bertz CT molecular complexity index is 951. The summed E-state index contributed by atoms with van der Waals surface area (Å²) < 4.78 is 2.12. The number of para-hydroxylation sites is 1. The van der Waals surface area contributed by atoms with E-state index in [1.54, 1.807) is 11.3 Å². The average Bonchev–Trinajstić information content (AvgIpc) is 3.11. The van der Waals surface area contributed by atoms with E-state index in [0.29, 0.717) is 0 Å². The van der Waals surface area contributed by atoms with Gasteiger partial charge in [-0.2, -0.15) is 0 Å². The molecule has 0 spiro atoms. The van der Waals surface area contributed by atoms with Crippen LogP contribution in [-0.2, 0) is 6.54 Å². The Morgan fingerprint density at radius 2 is 1.35 bits per heavy atom. The molecule has 26 heavy (non-hydrogen) atoms. The Kier molecular flexibility index (Phi) is 4.94. The predicted octanol–water partition coefficient (Wildman–Crippen LogP) is 5.19. The molecule has 3 nitrogen and oxygen atoms in total. The number of benzene rings is 3. The molecule has 3 aromatic carbocycles. The summed E-state index contributed by atoms with van der Waals surface area (Å²) in [6.07, 6.45) is 0. The Morgan fingerprint density at radius 1 is 0.731 bits per heavy atom. The van der Waals surface area contributed by atoms with Crippen molar-refractivity contribution in [2.24, 2.45) is 0 Å². The summed E-state index contributed by atoms with van der Waals surface area (Å²) >= 11 is 1.70. The standard InChI is InChI=1S/C22H19N3S/c1-4-10-18(11-5-1)16-23-22-25(24-20-14-8-3-9-15-20)21(17-26-22)19-12-6-2-7-13-19/h1-15,17,24H,16H2/p+1. The Morgan fingerprint density at radius 3 is 2.04 bits per heavy atom. The highest BCUT2D eigenvalue weighted by Gasteiger charge is 2.19. The molecular weight excluding hydrogens is 338 g/mol. The Hall–Kier alpha value is -3.11. The van der Waals surface area contributed by atoms with Gasteiger partial charge in [-0.25, -0.2) is 5.43 Å². The van der Waals surface area contributed by atoms with Gasteiger partial charge in [-0.05, 0) is 17.7 Å². The Labute approximate surface area is 157 Å². The highest BCUT2D eigenvalue weighted by Crippen LogP contribution is 2.23. The first-order chi connectivity index (χ1) is 12.9. The maximum atomic E-state index is 3.56. The third kappa shape index (κ3) is 3.76. The first-order valence-electron chi connectivity index (χ1n) is 8.59. The van der Waals surface area contributed by atoms with E-state index < -0.39 is 0 Å². The highest BCUT2D eigenvalue weighted by atomic mass is 32.1. The number of rotatable bonds is 6. The minimum atomic E-state index is 0.784. The van der Waals surface area contributed by atoms with Crippen LogP contribution < -0.4 is 15.4 Å². The molecule has 4 aromatic rings. The van der Waals surface area contributed by atoms with E-state index in [2.05, 4.69) is 81.5 Å².